The van der Waals surface area contributed by atoms with Gasteiger partial charge in [-0.05, 0) is 49.3 Å². The topological polar surface area (TPSA) is 62.4 Å². The van der Waals surface area contributed by atoms with E-state index in [1.54, 1.807) is 13.1 Å². The molecule has 0 spiro atoms. The van der Waals surface area contributed by atoms with Crippen molar-refractivity contribution in [2.24, 2.45) is 0 Å². The molecule has 0 bridgehead atoms. The molecule has 3 N–H and O–H groups in total. The van der Waals surface area contributed by atoms with Crippen LogP contribution in [0, 0.1) is 6.92 Å². The van der Waals surface area contributed by atoms with Gasteiger partial charge in [0, 0.05) is 18.5 Å². The highest BCUT2D eigenvalue weighted by molar-refractivity contribution is 7.80. The summed E-state index contributed by atoms with van der Waals surface area (Å²) in [6.07, 6.45) is 0.966. The van der Waals surface area contributed by atoms with Crippen LogP contribution in [0.2, 0.25) is 5.02 Å². The standard InChI is InChI=1S/C13H18ClN3O2S/c1-9-8-10(14)5-6-11(9)19-7-3-4-12(18)16-17-13(20)15-2/h5-6,8H,3-4,7H2,1-2H3,(H,16,18)(H2,15,17,20). The second-order valence-corrected chi connectivity index (χ2v) is 4.96. The Morgan fingerprint density at radius 3 is 2.80 bits per heavy atom. The predicted octanol–water partition coefficient (Wildman–Crippen LogP) is 1.93. The number of thiocarbonyl (C=S) groups is 1. The van der Waals surface area contributed by atoms with E-state index in [4.69, 9.17) is 28.6 Å². The first kappa shape index (κ1) is 16.5. The molecule has 1 aromatic carbocycles. The average molecular weight is 316 g/mol. The van der Waals surface area contributed by atoms with E-state index in [2.05, 4.69) is 16.2 Å². The first-order chi connectivity index (χ1) is 9.52. The van der Waals surface area contributed by atoms with E-state index in [1.807, 2.05) is 19.1 Å². The molecule has 0 heterocycles. The zero-order valence-electron chi connectivity index (χ0n) is 11.5. The van der Waals surface area contributed by atoms with Crippen molar-refractivity contribution in [3.63, 3.8) is 0 Å². The maximum atomic E-state index is 11.5. The van der Waals surface area contributed by atoms with Crippen LogP contribution < -0.4 is 20.9 Å². The van der Waals surface area contributed by atoms with Crippen LogP contribution in [0.4, 0.5) is 0 Å². The molecule has 0 saturated heterocycles. The van der Waals surface area contributed by atoms with Gasteiger partial charge < -0.3 is 10.1 Å². The van der Waals surface area contributed by atoms with Gasteiger partial charge >= 0.3 is 0 Å². The Kier molecular flexibility index (Phi) is 7.11. The van der Waals surface area contributed by atoms with Crippen molar-refractivity contribution in [1.82, 2.24) is 16.2 Å². The zero-order chi connectivity index (χ0) is 15.0. The van der Waals surface area contributed by atoms with Crippen molar-refractivity contribution >= 4 is 34.8 Å². The number of benzene rings is 1. The Labute approximate surface area is 129 Å². The van der Waals surface area contributed by atoms with Crippen molar-refractivity contribution in [3.8, 4) is 5.75 Å². The summed E-state index contributed by atoms with van der Waals surface area (Å²) in [5.74, 6) is 0.642. The third-order valence-electron chi connectivity index (χ3n) is 2.49. The number of hydrogen-bond acceptors (Lipinski definition) is 3. The van der Waals surface area contributed by atoms with Crippen LogP contribution in [0.1, 0.15) is 18.4 Å². The van der Waals surface area contributed by atoms with E-state index in [9.17, 15) is 4.79 Å². The van der Waals surface area contributed by atoms with Gasteiger partial charge in [-0.2, -0.15) is 0 Å². The van der Waals surface area contributed by atoms with Crippen LogP contribution in [-0.4, -0.2) is 24.7 Å². The molecule has 0 atom stereocenters. The van der Waals surface area contributed by atoms with Crippen LogP contribution in [0.15, 0.2) is 18.2 Å². The lowest BCUT2D eigenvalue weighted by Gasteiger charge is -2.10. The van der Waals surface area contributed by atoms with Crippen molar-refractivity contribution < 1.29 is 9.53 Å². The highest BCUT2D eigenvalue weighted by atomic mass is 35.5. The SMILES string of the molecule is CNC(=S)NNC(=O)CCCOc1ccc(Cl)cc1C. The Morgan fingerprint density at radius 2 is 2.15 bits per heavy atom. The Bertz CT molecular complexity index is 483. The second-order valence-electron chi connectivity index (χ2n) is 4.11. The van der Waals surface area contributed by atoms with Crippen molar-refractivity contribution in [2.45, 2.75) is 19.8 Å². The van der Waals surface area contributed by atoms with E-state index in [0.717, 1.165) is 11.3 Å². The highest BCUT2D eigenvalue weighted by Gasteiger charge is 2.03. The van der Waals surface area contributed by atoms with Gasteiger partial charge in [0.2, 0.25) is 5.91 Å². The van der Waals surface area contributed by atoms with E-state index in [0.29, 0.717) is 29.6 Å². The molecule has 1 amide bonds. The molecular formula is C13H18ClN3O2S. The number of halogens is 1. The smallest absolute Gasteiger partial charge is 0.238 e. The van der Waals surface area contributed by atoms with Crippen LogP contribution in [-0.2, 0) is 4.79 Å². The number of nitrogens with one attached hydrogen (secondary N) is 3. The fourth-order valence-corrected chi connectivity index (χ4v) is 1.72. The first-order valence-corrected chi connectivity index (χ1v) is 6.97. The zero-order valence-corrected chi connectivity index (χ0v) is 13.0. The molecule has 1 aromatic rings. The van der Waals surface area contributed by atoms with Gasteiger partial charge in [0.1, 0.15) is 5.75 Å². The molecule has 0 radical (unpaired) electrons. The minimum absolute atomic E-state index is 0.140. The Balaban J connectivity index is 2.21. The lowest BCUT2D eigenvalue weighted by Crippen LogP contribution is -2.45. The number of carbonyl (C=O) groups excluding carboxylic acids is 1. The van der Waals surface area contributed by atoms with Crippen LogP contribution in [0.3, 0.4) is 0 Å². The number of rotatable bonds is 5. The van der Waals surface area contributed by atoms with Gasteiger partial charge in [-0.15, -0.1) is 0 Å². The summed E-state index contributed by atoms with van der Waals surface area (Å²) in [6.45, 7) is 2.39. The normalized spacial score (nSPS) is 9.75. The quantitative estimate of drug-likeness (QED) is 0.440. The third kappa shape index (κ3) is 6.08. The largest absolute Gasteiger partial charge is 0.493 e. The van der Waals surface area contributed by atoms with Crippen molar-refractivity contribution in [2.75, 3.05) is 13.7 Å². The summed E-state index contributed by atoms with van der Waals surface area (Å²) < 4.78 is 5.59. The molecule has 0 aromatic heterocycles. The maximum Gasteiger partial charge on any atom is 0.238 e. The van der Waals surface area contributed by atoms with Crippen LogP contribution in [0.25, 0.3) is 0 Å². The molecule has 0 aliphatic heterocycles. The van der Waals surface area contributed by atoms with Crippen molar-refractivity contribution in [3.05, 3.63) is 28.8 Å². The Hall–Kier alpha value is -1.53. The number of hydrogen-bond donors (Lipinski definition) is 3. The molecule has 0 fully saturated rings. The first-order valence-electron chi connectivity index (χ1n) is 6.18. The van der Waals surface area contributed by atoms with E-state index in [-0.39, 0.29) is 5.91 Å². The third-order valence-corrected chi connectivity index (χ3v) is 3.03. The van der Waals surface area contributed by atoms with Gasteiger partial charge in [0.15, 0.2) is 5.11 Å². The summed E-state index contributed by atoms with van der Waals surface area (Å²) in [6, 6.07) is 5.44. The summed E-state index contributed by atoms with van der Waals surface area (Å²) in [5, 5.41) is 3.74. The molecule has 0 unspecified atom stereocenters. The highest BCUT2D eigenvalue weighted by Crippen LogP contribution is 2.21. The minimum atomic E-state index is -0.140. The monoisotopic (exact) mass is 315 g/mol. The summed E-state index contributed by atoms with van der Waals surface area (Å²) >= 11 is 10.7. The predicted molar refractivity (Wildman–Crippen MR) is 83.9 cm³/mol. The van der Waals surface area contributed by atoms with Crippen LogP contribution in [0.5, 0.6) is 5.75 Å². The van der Waals surface area contributed by atoms with E-state index < -0.39 is 0 Å². The molecule has 7 heteroatoms. The summed E-state index contributed by atoms with van der Waals surface area (Å²) in [4.78, 5) is 11.5. The molecule has 0 saturated carbocycles. The number of ether oxygens (including phenoxy) is 1. The number of amides is 1. The lowest BCUT2D eigenvalue weighted by molar-refractivity contribution is -0.121. The maximum absolute atomic E-state index is 11.5. The molecule has 20 heavy (non-hydrogen) atoms. The fourth-order valence-electron chi connectivity index (χ4n) is 1.44. The molecule has 0 aliphatic carbocycles. The number of aryl methyl sites for hydroxylation is 1. The van der Waals surface area contributed by atoms with E-state index >= 15 is 0 Å². The van der Waals surface area contributed by atoms with Crippen LogP contribution >= 0.6 is 23.8 Å². The summed E-state index contributed by atoms with van der Waals surface area (Å²) in [7, 11) is 1.67. The van der Waals surface area contributed by atoms with Gasteiger partial charge in [0.05, 0.1) is 6.61 Å². The van der Waals surface area contributed by atoms with Gasteiger partial charge in [-0.25, -0.2) is 0 Å². The van der Waals surface area contributed by atoms with Gasteiger partial charge in [-0.1, -0.05) is 11.6 Å². The second kappa shape index (κ2) is 8.60. The van der Waals surface area contributed by atoms with Gasteiger partial charge in [0.25, 0.3) is 0 Å². The number of carbonyl (C=O) groups is 1. The molecular weight excluding hydrogens is 298 g/mol. The van der Waals surface area contributed by atoms with Crippen molar-refractivity contribution in [1.29, 1.82) is 0 Å². The Morgan fingerprint density at radius 1 is 1.40 bits per heavy atom. The molecule has 5 nitrogen and oxygen atoms in total. The lowest BCUT2D eigenvalue weighted by atomic mass is 10.2. The molecule has 0 aliphatic rings. The molecule has 110 valence electrons. The molecule has 1 rings (SSSR count). The average Bonchev–Trinajstić information content (AvgIpc) is 2.42. The van der Waals surface area contributed by atoms with Gasteiger partial charge in [-0.3, -0.25) is 15.6 Å². The van der Waals surface area contributed by atoms with E-state index in [1.165, 1.54) is 0 Å². The summed E-state index contributed by atoms with van der Waals surface area (Å²) in [5.41, 5.74) is 6.03. The fraction of sp³-hybridized carbons (Fsp3) is 0.385. The number of hydrazine groups is 1. The minimum Gasteiger partial charge on any atom is -0.493 e.